The van der Waals surface area contributed by atoms with Crippen LogP contribution in [-0.4, -0.2) is 51.9 Å². The molecule has 0 saturated carbocycles. The Kier molecular flexibility index (Phi) is 4.57. The monoisotopic (exact) mass is 370 g/mol. The molecular weight excluding hydrogens is 356 g/mol. The van der Waals surface area contributed by atoms with Gasteiger partial charge in [0.05, 0.1) is 22.7 Å². The highest BCUT2D eigenvalue weighted by atomic mass is 35.5. The van der Waals surface area contributed by atoms with E-state index in [0.29, 0.717) is 13.0 Å². The van der Waals surface area contributed by atoms with Gasteiger partial charge in [-0.15, -0.1) is 5.10 Å². The fourth-order valence-electron chi connectivity index (χ4n) is 2.79. The van der Waals surface area contributed by atoms with Crippen molar-refractivity contribution in [2.45, 2.75) is 23.8 Å². The molecule has 0 amide bonds. The van der Waals surface area contributed by atoms with E-state index in [4.69, 9.17) is 11.6 Å². The van der Waals surface area contributed by atoms with Gasteiger partial charge in [-0.1, -0.05) is 16.8 Å². The third-order valence-electron chi connectivity index (χ3n) is 3.97. The Morgan fingerprint density at radius 3 is 2.83 bits per heavy atom. The highest BCUT2D eigenvalue weighted by Crippen LogP contribution is 2.29. The molecule has 1 atom stereocenters. The Morgan fingerprint density at radius 1 is 1.38 bits per heavy atom. The first-order chi connectivity index (χ1) is 11.4. The number of nitrogens with zero attached hydrogens (tertiary/aromatic N) is 4. The van der Waals surface area contributed by atoms with Crippen molar-refractivity contribution >= 4 is 27.6 Å². The summed E-state index contributed by atoms with van der Waals surface area (Å²) in [5.74, 6) is -1.31. The third kappa shape index (κ3) is 3.14. The van der Waals surface area contributed by atoms with Gasteiger partial charge in [0.25, 0.3) is 0 Å². The topological polar surface area (TPSA) is 105 Å². The SMILES string of the molecule is O=C(O)c1ccc(Cl)cc1S(=O)(=O)N1CCCC(n2ccnn2)C1. The summed E-state index contributed by atoms with van der Waals surface area (Å²) in [7, 11) is -3.98. The summed E-state index contributed by atoms with van der Waals surface area (Å²) in [6.07, 6.45) is 4.64. The van der Waals surface area contributed by atoms with Gasteiger partial charge < -0.3 is 5.11 Å². The maximum absolute atomic E-state index is 12.9. The summed E-state index contributed by atoms with van der Waals surface area (Å²) in [5, 5.41) is 17.1. The molecule has 10 heteroatoms. The van der Waals surface area contributed by atoms with E-state index in [-0.39, 0.29) is 28.1 Å². The van der Waals surface area contributed by atoms with E-state index in [9.17, 15) is 18.3 Å². The first kappa shape index (κ1) is 16.9. The van der Waals surface area contributed by atoms with Gasteiger partial charge in [0.2, 0.25) is 10.0 Å². The molecular formula is C14H15ClN4O4S. The number of carbonyl (C=O) groups is 1. The van der Waals surface area contributed by atoms with Gasteiger partial charge in [-0.05, 0) is 31.0 Å². The predicted octanol–water partition coefficient (Wildman–Crippen LogP) is 1.66. The number of benzene rings is 1. The smallest absolute Gasteiger partial charge is 0.337 e. The molecule has 0 bridgehead atoms. The lowest BCUT2D eigenvalue weighted by Crippen LogP contribution is -2.41. The van der Waals surface area contributed by atoms with Gasteiger partial charge in [-0.2, -0.15) is 4.31 Å². The first-order valence-corrected chi connectivity index (χ1v) is 9.10. The van der Waals surface area contributed by atoms with Crippen LogP contribution in [-0.2, 0) is 10.0 Å². The average molecular weight is 371 g/mol. The number of hydrogen-bond acceptors (Lipinski definition) is 5. The van der Waals surface area contributed by atoms with Crippen LogP contribution in [0.5, 0.6) is 0 Å². The molecule has 0 aliphatic carbocycles. The molecule has 24 heavy (non-hydrogen) atoms. The molecule has 0 spiro atoms. The molecule has 0 radical (unpaired) electrons. The van der Waals surface area contributed by atoms with E-state index in [1.165, 1.54) is 28.7 Å². The molecule has 1 fully saturated rings. The van der Waals surface area contributed by atoms with Crippen molar-refractivity contribution in [2.75, 3.05) is 13.1 Å². The van der Waals surface area contributed by atoms with Gasteiger partial charge in [0.15, 0.2) is 0 Å². The molecule has 2 aromatic rings. The Morgan fingerprint density at radius 2 is 2.17 bits per heavy atom. The number of aromatic carboxylic acids is 1. The summed E-state index contributed by atoms with van der Waals surface area (Å²) in [6.45, 7) is 0.524. The third-order valence-corrected chi connectivity index (χ3v) is 6.11. The van der Waals surface area contributed by atoms with Crippen LogP contribution in [0.4, 0.5) is 0 Å². The number of carboxylic acids is 1. The van der Waals surface area contributed by atoms with Gasteiger partial charge in [0, 0.05) is 24.3 Å². The molecule has 128 valence electrons. The van der Waals surface area contributed by atoms with Crippen molar-refractivity contribution in [3.8, 4) is 0 Å². The largest absolute Gasteiger partial charge is 0.478 e. The fourth-order valence-corrected chi connectivity index (χ4v) is 4.75. The lowest BCUT2D eigenvalue weighted by atomic mass is 10.1. The van der Waals surface area contributed by atoms with Crippen molar-refractivity contribution in [2.24, 2.45) is 0 Å². The Labute approximate surface area is 143 Å². The molecule has 1 aliphatic rings. The number of rotatable bonds is 4. The molecule has 1 unspecified atom stereocenters. The zero-order valence-electron chi connectivity index (χ0n) is 12.5. The van der Waals surface area contributed by atoms with Crippen LogP contribution in [0.15, 0.2) is 35.5 Å². The van der Waals surface area contributed by atoms with E-state index < -0.39 is 16.0 Å². The van der Waals surface area contributed by atoms with E-state index in [1.807, 2.05) is 0 Å². The number of carboxylic acid groups (broad SMARTS) is 1. The molecule has 2 heterocycles. The molecule has 1 aliphatic heterocycles. The predicted molar refractivity (Wildman–Crippen MR) is 85.5 cm³/mol. The van der Waals surface area contributed by atoms with Gasteiger partial charge in [-0.25, -0.2) is 17.9 Å². The molecule has 1 aromatic heterocycles. The number of hydrogen-bond donors (Lipinski definition) is 1. The molecule has 1 aromatic carbocycles. The number of aromatic nitrogens is 3. The van der Waals surface area contributed by atoms with Gasteiger partial charge >= 0.3 is 5.97 Å². The summed E-state index contributed by atoms with van der Waals surface area (Å²) in [5.41, 5.74) is -0.290. The Hall–Kier alpha value is -1.97. The second-order valence-electron chi connectivity index (χ2n) is 5.49. The van der Waals surface area contributed by atoms with Gasteiger partial charge in [-0.3, -0.25) is 0 Å². The lowest BCUT2D eigenvalue weighted by Gasteiger charge is -2.32. The van der Waals surface area contributed by atoms with Crippen LogP contribution in [0.1, 0.15) is 29.2 Å². The van der Waals surface area contributed by atoms with E-state index in [1.54, 1.807) is 10.9 Å². The molecule has 3 rings (SSSR count). The molecule has 1 saturated heterocycles. The van der Waals surface area contributed by atoms with Crippen LogP contribution < -0.4 is 0 Å². The minimum atomic E-state index is -3.98. The maximum Gasteiger partial charge on any atom is 0.337 e. The average Bonchev–Trinajstić information content (AvgIpc) is 3.09. The van der Waals surface area contributed by atoms with Crippen LogP contribution in [0.3, 0.4) is 0 Å². The second-order valence-corrected chi connectivity index (χ2v) is 7.83. The summed E-state index contributed by atoms with van der Waals surface area (Å²) in [4.78, 5) is 11.1. The molecule has 1 N–H and O–H groups in total. The van der Waals surface area contributed by atoms with Crippen LogP contribution in [0.25, 0.3) is 0 Å². The highest BCUT2D eigenvalue weighted by Gasteiger charge is 2.34. The quantitative estimate of drug-likeness (QED) is 0.877. The minimum absolute atomic E-state index is 0.136. The summed E-state index contributed by atoms with van der Waals surface area (Å²) >= 11 is 5.88. The second kappa shape index (κ2) is 6.50. The van der Waals surface area contributed by atoms with Crippen molar-refractivity contribution in [1.82, 2.24) is 19.3 Å². The van der Waals surface area contributed by atoms with Crippen LogP contribution in [0.2, 0.25) is 5.02 Å². The maximum atomic E-state index is 12.9. The van der Waals surface area contributed by atoms with Crippen molar-refractivity contribution in [3.05, 3.63) is 41.2 Å². The number of piperidine rings is 1. The van der Waals surface area contributed by atoms with Crippen molar-refractivity contribution in [3.63, 3.8) is 0 Å². The van der Waals surface area contributed by atoms with Crippen LogP contribution >= 0.6 is 11.6 Å². The Balaban J connectivity index is 1.96. The first-order valence-electron chi connectivity index (χ1n) is 7.28. The number of sulfonamides is 1. The number of halogens is 1. The zero-order chi connectivity index (χ0) is 17.3. The van der Waals surface area contributed by atoms with Crippen molar-refractivity contribution in [1.29, 1.82) is 0 Å². The summed E-state index contributed by atoms with van der Waals surface area (Å²) in [6, 6.07) is 3.61. The fraction of sp³-hybridized carbons (Fsp3) is 0.357. The van der Waals surface area contributed by atoms with E-state index in [2.05, 4.69) is 10.3 Å². The Bertz CT molecular complexity index is 854. The zero-order valence-corrected chi connectivity index (χ0v) is 14.1. The van der Waals surface area contributed by atoms with E-state index >= 15 is 0 Å². The van der Waals surface area contributed by atoms with Crippen LogP contribution in [0, 0.1) is 0 Å². The highest BCUT2D eigenvalue weighted by molar-refractivity contribution is 7.89. The van der Waals surface area contributed by atoms with Crippen molar-refractivity contribution < 1.29 is 18.3 Å². The molecule has 8 nitrogen and oxygen atoms in total. The minimum Gasteiger partial charge on any atom is -0.478 e. The van der Waals surface area contributed by atoms with E-state index in [0.717, 1.165) is 6.42 Å². The standard InChI is InChI=1S/C14H15ClN4O4S/c15-10-3-4-12(14(20)21)13(8-10)24(22,23)18-6-1-2-11(9-18)19-7-5-16-17-19/h3-5,7-8,11H,1-2,6,9H2,(H,20,21). The summed E-state index contributed by atoms with van der Waals surface area (Å²) < 4.78 is 28.8. The van der Waals surface area contributed by atoms with Gasteiger partial charge in [0.1, 0.15) is 0 Å². The lowest BCUT2D eigenvalue weighted by molar-refractivity contribution is 0.0692. The normalized spacial score (nSPS) is 19.3.